The van der Waals surface area contributed by atoms with Gasteiger partial charge in [-0.3, -0.25) is 5.41 Å². The maximum atomic E-state index is 6.65. The van der Waals surface area contributed by atoms with Gasteiger partial charge in [-0.05, 0) is 0 Å². The van der Waals surface area contributed by atoms with Crippen LogP contribution in [0.25, 0.3) is 0 Å². The molecule has 0 radical (unpaired) electrons. The number of nitrogens with two attached hydrogens (primary N) is 1. The van der Waals surface area contributed by atoms with E-state index in [-0.39, 0.29) is 11.6 Å². The van der Waals surface area contributed by atoms with E-state index in [0.29, 0.717) is 0 Å². The Kier molecular flexibility index (Phi) is 1.91. The van der Waals surface area contributed by atoms with E-state index < -0.39 is 0 Å². The number of ether oxygens (including phenoxy) is 1. The van der Waals surface area contributed by atoms with Crippen molar-refractivity contribution in [3.8, 4) is 0 Å². The molecule has 0 aliphatic rings. The fourth-order valence-corrected chi connectivity index (χ4v) is 0.110. The molecule has 0 aromatic carbocycles. The van der Waals surface area contributed by atoms with Crippen molar-refractivity contribution >= 4 is 5.84 Å². The largest absolute Gasteiger partial charge is 0.494 e. The van der Waals surface area contributed by atoms with Gasteiger partial charge in [0.2, 0.25) is 0 Å². The minimum atomic E-state index is -0.123. The summed E-state index contributed by atoms with van der Waals surface area (Å²) in [6.45, 7) is 3.30. The first-order valence-electron chi connectivity index (χ1n) is 1.75. The predicted molar refractivity (Wildman–Crippen MR) is 28.1 cm³/mol. The number of methoxy groups -OCH3 is 1. The average Bonchev–Trinajstić information content (AvgIpc) is 1.65. The summed E-state index contributed by atoms with van der Waals surface area (Å²) in [4.78, 5) is 0. The average molecular weight is 100 g/mol. The first-order valence-corrected chi connectivity index (χ1v) is 1.75. The molecule has 0 aromatic heterocycles. The Morgan fingerprint density at radius 3 is 2.29 bits per heavy atom. The van der Waals surface area contributed by atoms with Crippen molar-refractivity contribution in [2.24, 2.45) is 5.73 Å². The smallest absolute Gasteiger partial charge is 0.158 e. The molecule has 3 heteroatoms. The molecule has 0 rings (SSSR count). The minimum Gasteiger partial charge on any atom is -0.494 e. The summed E-state index contributed by atoms with van der Waals surface area (Å²) in [7, 11) is 1.42. The molecule has 0 heterocycles. The molecule has 7 heavy (non-hydrogen) atoms. The number of amidine groups is 1. The summed E-state index contributed by atoms with van der Waals surface area (Å²) in [5, 5.41) is 6.65. The van der Waals surface area contributed by atoms with Crippen molar-refractivity contribution in [2.45, 2.75) is 0 Å². The van der Waals surface area contributed by atoms with Crippen molar-refractivity contribution in [1.82, 2.24) is 0 Å². The summed E-state index contributed by atoms with van der Waals surface area (Å²) in [5.41, 5.74) is 4.91. The highest BCUT2D eigenvalue weighted by molar-refractivity contribution is 5.91. The lowest BCUT2D eigenvalue weighted by atomic mass is 10.5. The molecule has 0 saturated heterocycles. The second-order valence-corrected chi connectivity index (χ2v) is 1.04. The highest BCUT2D eigenvalue weighted by Crippen LogP contribution is 1.84. The number of hydrogen-bond donors (Lipinski definition) is 2. The molecule has 40 valence electrons. The zero-order chi connectivity index (χ0) is 5.86. The molecule has 0 unspecified atom stereocenters. The summed E-state index contributed by atoms with van der Waals surface area (Å²) in [5.74, 6) is 0.0856. The van der Waals surface area contributed by atoms with Gasteiger partial charge in [0.05, 0.1) is 7.11 Å². The number of rotatable bonds is 2. The predicted octanol–water partition coefficient (Wildman–Crippen LogP) is 0.0825. The molecule has 3 nitrogen and oxygen atoms in total. The molecular formula is C4H8N2O. The van der Waals surface area contributed by atoms with E-state index in [1.54, 1.807) is 0 Å². The maximum absolute atomic E-state index is 6.65. The van der Waals surface area contributed by atoms with Gasteiger partial charge in [-0.25, -0.2) is 0 Å². The summed E-state index contributed by atoms with van der Waals surface area (Å²) in [6, 6.07) is 0. The molecule has 0 spiro atoms. The van der Waals surface area contributed by atoms with Gasteiger partial charge in [-0.15, -0.1) is 0 Å². The van der Waals surface area contributed by atoms with E-state index in [0.717, 1.165) is 0 Å². The van der Waals surface area contributed by atoms with E-state index in [1.165, 1.54) is 7.11 Å². The lowest BCUT2D eigenvalue weighted by Crippen LogP contribution is -2.12. The van der Waals surface area contributed by atoms with Crippen LogP contribution in [-0.2, 0) is 4.74 Å². The maximum Gasteiger partial charge on any atom is 0.158 e. The Hall–Kier alpha value is -0.990. The third-order valence-corrected chi connectivity index (χ3v) is 0.547. The van der Waals surface area contributed by atoms with Crippen LogP contribution in [0.15, 0.2) is 12.3 Å². The molecule has 0 saturated carbocycles. The number of hydrogen-bond acceptors (Lipinski definition) is 2. The normalized spacial score (nSPS) is 7.57. The first kappa shape index (κ1) is 6.01. The van der Waals surface area contributed by atoms with Crippen LogP contribution in [0, 0.1) is 5.41 Å². The highest BCUT2D eigenvalue weighted by Gasteiger charge is 1.90. The van der Waals surface area contributed by atoms with Crippen LogP contribution < -0.4 is 5.73 Å². The van der Waals surface area contributed by atoms with E-state index in [2.05, 4.69) is 11.3 Å². The monoisotopic (exact) mass is 100 g/mol. The van der Waals surface area contributed by atoms with Crippen molar-refractivity contribution < 1.29 is 4.74 Å². The van der Waals surface area contributed by atoms with E-state index in [9.17, 15) is 0 Å². The van der Waals surface area contributed by atoms with Gasteiger partial charge in [0.1, 0.15) is 0 Å². The van der Waals surface area contributed by atoms with Gasteiger partial charge >= 0.3 is 0 Å². The Bertz CT molecular complexity index is 97.9. The van der Waals surface area contributed by atoms with E-state index >= 15 is 0 Å². The van der Waals surface area contributed by atoms with Gasteiger partial charge in [0.25, 0.3) is 0 Å². The number of nitrogens with one attached hydrogen (secondary N) is 1. The zero-order valence-electron chi connectivity index (χ0n) is 4.19. The van der Waals surface area contributed by atoms with E-state index in [4.69, 9.17) is 11.1 Å². The minimum absolute atomic E-state index is 0.123. The summed E-state index contributed by atoms with van der Waals surface area (Å²) >= 11 is 0. The first-order chi connectivity index (χ1) is 3.18. The van der Waals surface area contributed by atoms with Crippen LogP contribution in [-0.4, -0.2) is 12.9 Å². The third-order valence-electron chi connectivity index (χ3n) is 0.547. The SMILES string of the molecule is C=C(OC)C(=N)N. The Morgan fingerprint density at radius 2 is 2.29 bits per heavy atom. The van der Waals surface area contributed by atoms with Crippen molar-refractivity contribution in [2.75, 3.05) is 7.11 Å². The van der Waals surface area contributed by atoms with Gasteiger partial charge in [0, 0.05) is 0 Å². The molecule has 0 amide bonds. The molecule has 0 bridgehead atoms. The Balaban J connectivity index is 3.58. The fourth-order valence-electron chi connectivity index (χ4n) is 0.110. The molecule has 0 aliphatic heterocycles. The van der Waals surface area contributed by atoms with E-state index in [1.807, 2.05) is 0 Å². The second-order valence-electron chi connectivity index (χ2n) is 1.04. The fraction of sp³-hybridized carbons (Fsp3) is 0.250. The van der Waals surface area contributed by atoms with Crippen molar-refractivity contribution in [3.05, 3.63) is 12.3 Å². The molecule has 0 aromatic rings. The van der Waals surface area contributed by atoms with Gasteiger partial charge in [0.15, 0.2) is 11.6 Å². The Morgan fingerprint density at radius 1 is 1.86 bits per heavy atom. The van der Waals surface area contributed by atoms with Crippen LogP contribution in [0.2, 0.25) is 0 Å². The molecule has 0 aliphatic carbocycles. The van der Waals surface area contributed by atoms with Crippen LogP contribution >= 0.6 is 0 Å². The van der Waals surface area contributed by atoms with Crippen molar-refractivity contribution in [1.29, 1.82) is 5.41 Å². The lowest BCUT2D eigenvalue weighted by Gasteiger charge is -1.96. The molecule has 0 atom stereocenters. The Labute approximate surface area is 42.3 Å². The van der Waals surface area contributed by atoms with Gasteiger partial charge in [-0.2, -0.15) is 0 Å². The molecule has 0 fully saturated rings. The van der Waals surface area contributed by atoms with Crippen LogP contribution in [0.4, 0.5) is 0 Å². The standard InChI is InChI=1S/C4H8N2O/c1-3(7-2)4(5)6/h1H2,2H3,(H3,5,6). The molecule has 3 N–H and O–H groups in total. The van der Waals surface area contributed by atoms with Crippen LogP contribution in [0.3, 0.4) is 0 Å². The quantitative estimate of drug-likeness (QED) is 0.293. The van der Waals surface area contributed by atoms with Crippen molar-refractivity contribution in [3.63, 3.8) is 0 Å². The van der Waals surface area contributed by atoms with Crippen LogP contribution in [0.5, 0.6) is 0 Å². The van der Waals surface area contributed by atoms with Crippen LogP contribution in [0.1, 0.15) is 0 Å². The summed E-state index contributed by atoms with van der Waals surface area (Å²) in [6.07, 6.45) is 0. The zero-order valence-corrected chi connectivity index (χ0v) is 4.19. The lowest BCUT2D eigenvalue weighted by molar-refractivity contribution is 0.316. The highest BCUT2D eigenvalue weighted by atomic mass is 16.5. The topological polar surface area (TPSA) is 59.1 Å². The van der Waals surface area contributed by atoms with Gasteiger partial charge in [-0.1, -0.05) is 6.58 Å². The second kappa shape index (κ2) is 2.23. The third kappa shape index (κ3) is 1.81. The van der Waals surface area contributed by atoms with Gasteiger partial charge < -0.3 is 10.5 Å². The molecular weight excluding hydrogens is 92.1 g/mol. The summed E-state index contributed by atoms with van der Waals surface area (Å²) < 4.78 is 4.47.